The van der Waals surface area contributed by atoms with E-state index in [1.54, 1.807) is 0 Å². The molecule has 0 unspecified atom stereocenters. The second kappa shape index (κ2) is 12.5. The van der Waals surface area contributed by atoms with Gasteiger partial charge in [0.25, 0.3) is 0 Å². The predicted molar refractivity (Wildman–Crippen MR) is 226 cm³/mol. The van der Waals surface area contributed by atoms with E-state index in [1.165, 1.54) is 61.2 Å². The Bertz CT molecular complexity index is 2810. The van der Waals surface area contributed by atoms with Crippen LogP contribution >= 0.6 is 0 Å². The maximum Gasteiger partial charge on any atom is 0.160 e. The zero-order chi connectivity index (χ0) is 36.3. The molecule has 0 atom stereocenters. The zero-order valence-electron chi connectivity index (χ0n) is 30.0. The van der Waals surface area contributed by atoms with Crippen LogP contribution < -0.4 is 0 Å². The molecule has 0 amide bonds. The van der Waals surface area contributed by atoms with Gasteiger partial charge in [-0.1, -0.05) is 188 Å². The van der Waals surface area contributed by atoms with E-state index in [2.05, 4.69) is 170 Å². The molecule has 0 fully saturated rings. The predicted octanol–water partition coefficient (Wildman–Crippen LogP) is 13.2. The quantitative estimate of drug-likeness (QED) is 0.179. The Morgan fingerprint density at radius 1 is 0.255 bits per heavy atom. The van der Waals surface area contributed by atoms with Gasteiger partial charge < -0.3 is 0 Å². The monoisotopic (exact) mass is 698 g/mol. The lowest BCUT2D eigenvalue weighted by Gasteiger charge is -2.30. The molecular formula is C53H34N2. The second-order valence-electron chi connectivity index (χ2n) is 14.5. The summed E-state index contributed by atoms with van der Waals surface area (Å²) in [6.07, 6.45) is 0. The molecule has 0 bridgehead atoms. The molecule has 256 valence electrons. The number of aromatic nitrogens is 2. The topological polar surface area (TPSA) is 25.8 Å². The smallest absolute Gasteiger partial charge is 0.160 e. The molecule has 0 aliphatic heterocycles. The Kier molecular flexibility index (Phi) is 7.11. The van der Waals surface area contributed by atoms with Gasteiger partial charge in [-0.25, -0.2) is 9.97 Å². The molecule has 2 heteroatoms. The minimum Gasteiger partial charge on any atom is -0.228 e. The molecule has 0 N–H and O–H groups in total. The summed E-state index contributed by atoms with van der Waals surface area (Å²) in [5.74, 6) is 0.720. The summed E-state index contributed by atoms with van der Waals surface area (Å²) in [6.45, 7) is 0. The molecule has 1 aromatic heterocycles. The Morgan fingerprint density at radius 3 is 1.25 bits per heavy atom. The standard InChI is InChI=1S/C53H34N2/c1-3-14-36(15-4-1)50-34-51(55-52(54-50)38-16-5-2-6-17-38)37-28-26-35(27-29-37)39-18-13-19-40(32-39)41-30-31-49-45(33-41)44-22-9-12-25-48(44)53(49)46-23-10-7-20-42(46)43-21-8-11-24-47(43)53/h1-34H. The molecular weight excluding hydrogens is 665 g/mol. The van der Waals surface area contributed by atoms with Crippen molar-refractivity contribution in [3.05, 3.63) is 229 Å². The molecule has 2 aliphatic carbocycles. The van der Waals surface area contributed by atoms with Crippen molar-refractivity contribution in [1.82, 2.24) is 9.97 Å². The van der Waals surface area contributed by atoms with Crippen LogP contribution in [0.1, 0.15) is 22.3 Å². The summed E-state index contributed by atoms with van der Waals surface area (Å²) >= 11 is 0. The number of nitrogens with zero attached hydrogens (tertiary/aromatic N) is 2. The largest absolute Gasteiger partial charge is 0.228 e. The van der Waals surface area contributed by atoms with E-state index in [4.69, 9.17) is 9.97 Å². The highest BCUT2D eigenvalue weighted by molar-refractivity contribution is 5.96. The molecule has 9 aromatic rings. The van der Waals surface area contributed by atoms with Crippen molar-refractivity contribution in [3.8, 4) is 78.4 Å². The van der Waals surface area contributed by atoms with Crippen molar-refractivity contribution in [2.75, 3.05) is 0 Å². The third kappa shape index (κ3) is 4.89. The average molecular weight is 699 g/mol. The van der Waals surface area contributed by atoms with E-state index >= 15 is 0 Å². The van der Waals surface area contributed by atoms with Crippen molar-refractivity contribution >= 4 is 0 Å². The van der Waals surface area contributed by atoms with Gasteiger partial charge >= 0.3 is 0 Å². The van der Waals surface area contributed by atoms with Gasteiger partial charge in [-0.3, -0.25) is 0 Å². The maximum absolute atomic E-state index is 5.04. The number of fused-ring (bicyclic) bond motifs is 10. The van der Waals surface area contributed by atoms with E-state index in [0.29, 0.717) is 0 Å². The highest BCUT2D eigenvalue weighted by Gasteiger charge is 2.51. The van der Waals surface area contributed by atoms with Crippen molar-refractivity contribution in [3.63, 3.8) is 0 Å². The Labute approximate surface area is 321 Å². The first-order valence-corrected chi connectivity index (χ1v) is 18.9. The van der Waals surface area contributed by atoms with Gasteiger partial charge in [0.15, 0.2) is 5.82 Å². The highest BCUT2D eigenvalue weighted by Crippen LogP contribution is 2.62. The Hall–Kier alpha value is -7.16. The van der Waals surface area contributed by atoms with Crippen LogP contribution in [0.2, 0.25) is 0 Å². The number of rotatable bonds is 5. The average Bonchev–Trinajstić information content (AvgIpc) is 3.74. The van der Waals surface area contributed by atoms with Gasteiger partial charge in [0.1, 0.15) is 0 Å². The van der Waals surface area contributed by atoms with E-state index in [9.17, 15) is 0 Å². The van der Waals surface area contributed by atoms with Crippen molar-refractivity contribution in [1.29, 1.82) is 0 Å². The fourth-order valence-corrected chi connectivity index (χ4v) is 9.06. The van der Waals surface area contributed by atoms with Crippen LogP contribution in [0.25, 0.3) is 78.4 Å². The summed E-state index contributed by atoms with van der Waals surface area (Å²) < 4.78 is 0. The fraction of sp³-hybridized carbons (Fsp3) is 0.0189. The van der Waals surface area contributed by atoms with Crippen LogP contribution in [-0.4, -0.2) is 9.97 Å². The Balaban J connectivity index is 0.970. The fourth-order valence-electron chi connectivity index (χ4n) is 9.06. The summed E-state index contributed by atoms with van der Waals surface area (Å²) in [5, 5.41) is 0. The lowest BCUT2D eigenvalue weighted by Crippen LogP contribution is -2.25. The molecule has 2 aliphatic rings. The van der Waals surface area contributed by atoms with Crippen LogP contribution in [0.15, 0.2) is 206 Å². The zero-order valence-corrected chi connectivity index (χ0v) is 30.0. The molecule has 0 radical (unpaired) electrons. The third-order valence-electron chi connectivity index (χ3n) is 11.5. The van der Waals surface area contributed by atoms with Crippen LogP contribution in [0, 0.1) is 0 Å². The second-order valence-corrected chi connectivity index (χ2v) is 14.5. The maximum atomic E-state index is 5.04. The van der Waals surface area contributed by atoms with E-state index in [1.807, 2.05) is 36.4 Å². The van der Waals surface area contributed by atoms with Crippen molar-refractivity contribution in [2.24, 2.45) is 0 Å². The van der Waals surface area contributed by atoms with E-state index < -0.39 is 0 Å². The van der Waals surface area contributed by atoms with E-state index in [-0.39, 0.29) is 5.41 Å². The molecule has 11 rings (SSSR count). The highest BCUT2D eigenvalue weighted by atomic mass is 14.9. The molecule has 55 heavy (non-hydrogen) atoms. The van der Waals surface area contributed by atoms with Crippen molar-refractivity contribution < 1.29 is 0 Å². The van der Waals surface area contributed by atoms with Crippen LogP contribution in [0.5, 0.6) is 0 Å². The first kappa shape index (κ1) is 31.4. The summed E-state index contributed by atoms with van der Waals surface area (Å²) in [6, 6.07) is 74.4. The Morgan fingerprint density at radius 2 is 0.655 bits per heavy atom. The minimum absolute atomic E-state index is 0.325. The van der Waals surface area contributed by atoms with Crippen LogP contribution in [0.3, 0.4) is 0 Å². The van der Waals surface area contributed by atoms with Crippen LogP contribution in [-0.2, 0) is 5.41 Å². The number of benzene rings is 8. The first-order chi connectivity index (χ1) is 27.3. The molecule has 2 nitrogen and oxygen atoms in total. The molecule has 1 spiro atoms. The van der Waals surface area contributed by atoms with Gasteiger partial charge in [0, 0.05) is 16.7 Å². The molecule has 8 aromatic carbocycles. The number of hydrogen-bond donors (Lipinski definition) is 0. The summed E-state index contributed by atoms with van der Waals surface area (Å²) in [4.78, 5) is 10.0. The van der Waals surface area contributed by atoms with Gasteiger partial charge in [0.2, 0.25) is 0 Å². The van der Waals surface area contributed by atoms with Gasteiger partial charge in [-0.15, -0.1) is 0 Å². The van der Waals surface area contributed by atoms with E-state index in [0.717, 1.165) is 39.5 Å². The molecule has 1 heterocycles. The van der Waals surface area contributed by atoms with Crippen LogP contribution in [0.4, 0.5) is 0 Å². The lowest BCUT2D eigenvalue weighted by molar-refractivity contribution is 0.794. The summed E-state index contributed by atoms with van der Waals surface area (Å²) in [7, 11) is 0. The third-order valence-corrected chi connectivity index (χ3v) is 11.5. The minimum atomic E-state index is -0.325. The lowest BCUT2D eigenvalue weighted by atomic mass is 9.70. The normalized spacial score (nSPS) is 12.9. The molecule has 0 saturated heterocycles. The van der Waals surface area contributed by atoms with Gasteiger partial charge in [0.05, 0.1) is 16.8 Å². The molecule has 0 saturated carbocycles. The summed E-state index contributed by atoms with van der Waals surface area (Å²) in [5.41, 5.74) is 20.1. The number of hydrogen-bond acceptors (Lipinski definition) is 2. The van der Waals surface area contributed by atoms with Crippen molar-refractivity contribution in [2.45, 2.75) is 5.41 Å². The van der Waals surface area contributed by atoms with Gasteiger partial charge in [-0.2, -0.15) is 0 Å². The van der Waals surface area contributed by atoms with Gasteiger partial charge in [-0.05, 0) is 85.0 Å². The SMILES string of the molecule is c1ccc(-c2cc(-c3ccc(-c4cccc(-c5ccc6c(c5)-c5ccccc5C65c6ccccc6-c6ccccc65)c4)cc3)nc(-c3ccccc3)n2)cc1. The first-order valence-electron chi connectivity index (χ1n) is 18.9.